The van der Waals surface area contributed by atoms with Gasteiger partial charge in [-0.3, -0.25) is 0 Å². The molecule has 0 radical (unpaired) electrons. The number of hydrogen-bond acceptors (Lipinski definition) is 2. The molecule has 0 aromatic heterocycles. The Bertz CT molecular complexity index is 366. The van der Waals surface area contributed by atoms with Crippen molar-refractivity contribution >= 4 is 0 Å². The molecule has 1 aliphatic rings. The van der Waals surface area contributed by atoms with E-state index in [2.05, 4.69) is 43.4 Å². The smallest absolute Gasteiger partial charge is 0.119 e. The Kier molecular flexibility index (Phi) is 6.38. The standard InChI is InChI=1S/C18H29NO/c1-3-14-20-18-12-10-16(11-13-18)15(2)19-17-8-6-4-5-7-9-17/h10-13,15,17,19H,3-9,14H2,1-2H3. The van der Waals surface area contributed by atoms with Crippen LogP contribution in [0.5, 0.6) is 5.75 Å². The van der Waals surface area contributed by atoms with E-state index in [0.29, 0.717) is 12.1 Å². The molecule has 0 saturated heterocycles. The van der Waals surface area contributed by atoms with Gasteiger partial charge < -0.3 is 10.1 Å². The van der Waals surface area contributed by atoms with Gasteiger partial charge in [0.2, 0.25) is 0 Å². The normalized spacial score (nSPS) is 18.5. The zero-order chi connectivity index (χ0) is 14.2. The fourth-order valence-electron chi connectivity index (χ4n) is 2.97. The molecule has 0 amide bonds. The van der Waals surface area contributed by atoms with Crippen molar-refractivity contribution in [3.05, 3.63) is 29.8 Å². The van der Waals surface area contributed by atoms with E-state index >= 15 is 0 Å². The molecule has 1 unspecified atom stereocenters. The topological polar surface area (TPSA) is 21.3 Å². The Morgan fingerprint density at radius 2 is 1.75 bits per heavy atom. The van der Waals surface area contributed by atoms with E-state index in [4.69, 9.17) is 4.74 Å². The summed E-state index contributed by atoms with van der Waals surface area (Å²) in [7, 11) is 0. The molecule has 2 nitrogen and oxygen atoms in total. The summed E-state index contributed by atoms with van der Waals surface area (Å²) in [4.78, 5) is 0. The minimum atomic E-state index is 0.429. The van der Waals surface area contributed by atoms with Gasteiger partial charge in [0.05, 0.1) is 6.61 Å². The maximum atomic E-state index is 5.64. The number of ether oxygens (including phenoxy) is 1. The van der Waals surface area contributed by atoms with Crippen molar-refractivity contribution in [3.8, 4) is 5.75 Å². The van der Waals surface area contributed by atoms with Crippen LogP contribution in [0.2, 0.25) is 0 Å². The molecule has 0 aliphatic heterocycles. The van der Waals surface area contributed by atoms with E-state index in [-0.39, 0.29) is 0 Å². The van der Waals surface area contributed by atoms with Crippen LogP contribution >= 0.6 is 0 Å². The molecule has 2 heteroatoms. The highest BCUT2D eigenvalue weighted by Crippen LogP contribution is 2.22. The highest BCUT2D eigenvalue weighted by Gasteiger charge is 2.15. The maximum absolute atomic E-state index is 5.64. The Balaban J connectivity index is 1.86. The van der Waals surface area contributed by atoms with Crippen molar-refractivity contribution in [2.24, 2.45) is 0 Å². The average Bonchev–Trinajstić information content (AvgIpc) is 2.74. The first-order chi connectivity index (χ1) is 9.79. The van der Waals surface area contributed by atoms with Crippen molar-refractivity contribution < 1.29 is 4.74 Å². The highest BCUT2D eigenvalue weighted by molar-refractivity contribution is 5.29. The second kappa shape index (κ2) is 8.31. The van der Waals surface area contributed by atoms with Crippen LogP contribution in [0.1, 0.15) is 70.4 Å². The van der Waals surface area contributed by atoms with Crippen LogP contribution in [0.25, 0.3) is 0 Å². The molecule has 1 aromatic carbocycles. The van der Waals surface area contributed by atoms with Gasteiger partial charge in [-0.2, -0.15) is 0 Å². The molecular weight excluding hydrogens is 246 g/mol. The van der Waals surface area contributed by atoms with Crippen LogP contribution in [0, 0.1) is 0 Å². The average molecular weight is 275 g/mol. The van der Waals surface area contributed by atoms with Crippen LogP contribution in [0.15, 0.2) is 24.3 Å². The van der Waals surface area contributed by atoms with Gasteiger partial charge in [-0.05, 0) is 43.9 Å². The molecule has 20 heavy (non-hydrogen) atoms. The lowest BCUT2D eigenvalue weighted by atomic mass is 10.0. The molecule has 112 valence electrons. The Hall–Kier alpha value is -1.02. The summed E-state index contributed by atoms with van der Waals surface area (Å²) < 4.78 is 5.64. The quantitative estimate of drug-likeness (QED) is 0.749. The number of nitrogens with one attached hydrogen (secondary N) is 1. The summed E-state index contributed by atoms with van der Waals surface area (Å²) in [5.41, 5.74) is 1.36. The Labute approximate surface area is 123 Å². The van der Waals surface area contributed by atoms with Gasteiger partial charge in [0.1, 0.15) is 5.75 Å². The summed E-state index contributed by atoms with van der Waals surface area (Å²) in [6, 6.07) is 9.70. The van der Waals surface area contributed by atoms with Gasteiger partial charge >= 0.3 is 0 Å². The lowest BCUT2D eigenvalue weighted by molar-refractivity contribution is 0.317. The lowest BCUT2D eigenvalue weighted by Gasteiger charge is -2.22. The van der Waals surface area contributed by atoms with E-state index < -0.39 is 0 Å². The van der Waals surface area contributed by atoms with Gasteiger partial charge in [-0.15, -0.1) is 0 Å². The largest absolute Gasteiger partial charge is 0.494 e. The summed E-state index contributed by atoms with van der Waals surface area (Å²) in [6.07, 6.45) is 9.32. The molecular formula is C18H29NO. The van der Waals surface area contributed by atoms with Gasteiger partial charge in [0, 0.05) is 12.1 Å². The molecule has 1 atom stereocenters. The highest BCUT2D eigenvalue weighted by atomic mass is 16.5. The number of benzene rings is 1. The van der Waals surface area contributed by atoms with Gasteiger partial charge in [0.25, 0.3) is 0 Å². The van der Waals surface area contributed by atoms with Gasteiger partial charge in [-0.1, -0.05) is 44.7 Å². The monoisotopic (exact) mass is 275 g/mol. The minimum absolute atomic E-state index is 0.429. The van der Waals surface area contributed by atoms with Crippen LogP contribution in [-0.2, 0) is 0 Å². The summed E-state index contributed by atoms with van der Waals surface area (Å²) in [5.74, 6) is 0.984. The molecule has 0 spiro atoms. The first-order valence-corrected chi connectivity index (χ1v) is 8.28. The molecule has 2 rings (SSSR count). The zero-order valence-corrected chi connectivity index (χ0v) is 13.0. The minimum Gasteiger partial charge on any atom is -0.494 e. The van der Waals surface area contributed by atoms with Crippen LogP contribution in [0.4, 0.5) is 0 Å². The molecule has 1 N–H and O–H groups in total. The van der Waals surface area contributed by atoms with E-state index in [1.807, 2.05) is 0 Å². The van der Waals surface area contributed by atoms with E-state index in [0.717, 1.165) is 18.8 Å². The molecule has 1 saturated carbocycles. The third-order valence-electron chi connectivity index (χ3n) is 4.19. The third kappa shape index (κ3) is 4.82. The molecule has 0 heterocycles. The first-order valence-electron chi connectivity index (χ1n) is 8.28. The van der Waals surface area contributed by atoms with E-state index in [9.17, 15) is 0 Å². The van der Waals surface area contributed by atoms with E-state index in [1.54, 1.807) is 0 Å². The first kappa shape index (κ1) is 15.4. The predicted octanol–water partition coefficient (Wildman–Crippen LogP) is 4.85. The molecule has 0 bridgehead atoms. The Morgan fingerprint density at radius 1 is 1.10 bits per heavy atom. The summed E-state index contributed by atoms with van der Waals surface area (Å²) in [5, 5.41) is 3.80. The molecule has 1 aromatic rings. The van der Waals surface area contributed by atoms with E-state index in [1.165, 1.54) is 44.1 Å². The van der Waals surface area contributed by atoms with Crippen LogP contribution in [0.3, 0.4) is 0 Å². The van der Waals surface area contributed by atoms with Crippen LogP contribution < -0.4 is 10.1 Å². The van der Waals surface area contributed by atoms with Gasteiger partial charge in [-0.25, -0.2) is 0 Å². The second-order valence-corrected chi connectivity index (χ2v) is 5.99. The Morgan fingerprint density at radius 3 is 2.35 bits per heavy atom. The van der Waals surface area contributed by atoms with Crippen molar-refractivity contribution in [2.75, 3.05) is 6.61 Å². The number of hydrogen-bond donors (Lipinski definition) is 1. The van der Waals surface area contributed by atoms with Crippen molar-refractivity contribution in [3.63, 3.8) is 0 Å². The predicted molar refractivity (Wildman–Crippen MR) is 85.3 cm³/mol. The zero-order valence-electron chi connectivity index (χ0n) is 13.0. The number of rotatable bonds is 6. The SMILES string of the molecule is CCCOc1ccc(C(C)NC2CCCCCC2)cc1. The lowest BCUT2D eigenvalue weighted by Crippen LogP contribution is -2.31. The van der Waals surface area contributed by atoms with Crippen molar-refractivity contribution in [2.45, 2.75) is 70.9 Å². The maximum Gasteiger partial charge on any atom is 0.119 e. The second-order valence-electron chi connectivity index (χ2n) is 5.99. The fraction of sp³-hybridized carbons (Fsp3) is 0.667. The summed E-state index contributed by atoms with van der Waals surface area (Å²) in [6.45, 7) is 5.20. The van der Waals surface area contributed by atoms with Gasteiger partial charge in [0.15, 0.2) is 0 Å². The fourth-order valence-corrected chi connectivity index (χ4v) is 2.97. The third-order valence-corrected chi connectivity index (χ3v) is 4.19. The van der Waals surface area contributed by atoms with Crippen molar-refractivity contribution in [1.82, 2.24) is 5.32 Å². The van der Waals surface area contributed by atoms with Crippen molar-refractivity contribution in [1.29, 1.82) is 0 Å². The summed E-state index contributed by atoms with van der Waals surface area (Å²) >= 11 is 0. The molecule has 1 aliphatic carbocycles. The molecule has 1 fully saturated rings. The van der Waals surface area contributed by atoms with Crippen LogP contribution in [-0.4, -0.2) is 12.6 Å².